The van der Waals surface area contributed by atoms with E-state index >= 15 is 0 Å². The van der Waals surface area contributed by atoms with Gasteiger partial charge in [0.05, 0.1) is 12.1 Å². The fourth-order valence-corrected chi connectivity index (χ4v) is 1.76. The van der Waals surface area contributed by atoms with Crippen molar-refractivity contribution in [3.63, 3.8) is 0 Å². The number of hydrogen-bond acceptors (Lipinski definition) is 4. The molecule has 0 radical (unpaired) electrons. The van der Waals surface area contributed by atoms with Gasteiger partial charge in [0.25, 0.3) is 0 Å². The Balaban J connectivity index is 2.00. The van der Waals surface area contributed by atoms with E-state index in [2.05, 4.69) is 5.32 Å². The van der Waals surface area contributed by atoms with Gasteiger partial charge in [-0.3, -0.25) is 4.79 Å². The molecule has 22 heavy (non-hydrogen) atoms. The molecule has 4 nitrogen and oxygen atoms in total. The smallest absolute Gasteiger partial charge is 0.416 e. The number of phenolic OH excluding ortho intramolecular Hbond substituents is 2. The maximum atomic E-state index is 12.4. The van der Waals surface area contributed by atoms with Gasteiger partial charge in [-0.15, -0.1) is 0 Å². The highest BCUT2D eigenvalue weighted by Crippen LogP contribution is 2.30. The van der Waals surface area contributed by atoms with Crippen molar-refractivity contribution in [2.75, 3.05) is 11.9 Å². The van der Waals surface area contributed by atoms with Crippen LogP contribution in [0.5, 0.6) is 11.5 Å². The highest BCUT2D eigenvalue weighted by Gasteiger charge is 2.29. The van der Waals surface area contributed by atoms with Gasteiger partial charge in [-0.25, -0.2) is 0 Å². The summed E-state index contributed by atoms with van der Waals surface area (Å²) in [4.78, 5) is 11.9. The minimum Gasteiger partial charge on any atom is -0.504 e. The van der Waals surface area contributed by atoms with Crippen LogP contribution < -0.4 is 5.32 Å². The number of alkyl halides is 3. The molecule has 0 unspecified atom stereocenters. The summed E-state index contributed by atoms with van der Waals surface area (Å²) in [5.74, 6) is -1.14. The van der Waals surface area contributed by atoms with Crippen molar-refractivity contribution in [3.05, 3.63) is 53.6 Å². The first-order valence-electron chi connectivity index (χ1n) is 6.23. The SMILES string of the molecule is O=C(CNc1ccc(C(F)(F)F)cc1)c1ccc(O)c(O)c1. The van der Waals surface area contributed by atoms with Crippen molar-refractivity contribution in [2.45, 2.75) is 6.18 Å². The summed E-state index contributed by atoms with van der Waals surface area (Å²) in [6.45, 7) is -0.157. The van der Waals surface area contributed by atoms with E-state index in [1.165, 1.54) is 24.3 Å². The van der Waals surface area contributed by atoms with Crippen LogP contribution in [0.4, 0.5) is 18.9 Å². The first-order chi connectivity index (χ1) is 10.3. The Bertz CT molecular complexity index is 681. The zero-order valence-corrected chi connectivity index (χ0v) is 11.2. The molecule has 0 saturated heterocycles. The highest BCUT2D eigenvalue weighted by atomic mass is 19.4. The van der Waals surface area contributed by atoms with Gasteiger partial charge in [0.2, 0.25) is 0 Å². The summed E-state index contributed by atoms with van der Waals surface area (Å²) < 4.78 is 37.2. The molecule has 0 saturated carbocycles. The second-order valence-electron chi connectivity index (χ2n) is 4.56. The summed E-state index contributed by atoms with van der Waals surface area (Å²) in [5.41, 5.74) is -0.230. The van der Waals surface area contributed by atoms with E-state index in [0.29, 0.717) is 5.69 Å². The second kappa shape index (κ2) is 5.97. The molecule has 0 aliphatic rings. The molecule has 116 valence electrons. The molecule has 7 heteroatoms. The quantitative estimate of drug-likeness (QED) is 0.598. The standard InChI is InChI=1S/C15H12F3NO3/c16-15(17,18)10-2-4-11(5-3-10)19-8-14(22)9-1-6-12(20)13(21)7-9/h1-7,19-21H,8H2. The van der Waals surface area contributed by atoms with Gasteiger partial charge in [-0.1, -0.05) is 0 Å². The van der Waals surface area contributed by atoms with Crippen LogP contribution in [0.1, 0.15) is 15.9 Å². The Labute approximate surface area is 123 Å². The zero-order chi connectivity index (χ0) is 16.3. The third-order valence-corrected chi connectivity index (χ3v) is 2.96. The van der Waals surface area contributed by atoms with Crippen molar-refractivity contribution in [3.8, 4) is 11.5 Å². The molecular formula is C15H12F3NO3. The van der Waals surface area contributed by atoms with Gasteiger partial charge < -0.3 is 15.5 Å². The van der Waals surface area contributed by atoms with Crippen molar-refractivity contribution in [2.24, 2.45) is 0 Å². The topological polar surface area (TPSA) is 69.6 Å². The minimum atomic E-state index is -4.40. The number of phenols is 2. The highest BCUT2D eigenvalue weighted by molar-refractivity contribution is 5.99. The van der Waals surface area contributed by atoms with Crippen LogP contribution in [0.2, 0.25) is 0 Å². The van der Waals surface area contributed by atoms with Crippen LogP contribution in [0, 0.1) is 0 Å². The third-order valence-electron chi connectivity index (χ3n) is 2.96. The first-order valence-corrected chi connectivity index (χ1v) is 6.23. The molecule has 0 atom stereocenters. The van der Waals surface area contributed by atoms with E-state index < -0.39 is 17.5 Å². The average Bonchev–Trinajstić information content (AvgIpc) is 2.47. The summed E-state index contributed by atoms with van der Waals surface area (Å²) in [7, 11) is 0. The summed E-state index contributed by atoms with van der Waals surface area (Å²) in [5, 5.41) is 21.2. The number of benzene rings is 2. The maximum Gasteiger partial charge on any atom is 0.416 e. The molecule has 0 fully saturated rings. The molecule has 0 bridgehead atoms. The lowest BCUT2D eigenvalue weighted by molar-refractivity contribution is -0.137. The lowest BCUT2D eigenvalue weighted by Gasteiger charge is -2.09. The second-order valence-corrected chi connectivity index (χ2v) is 4.56. The van der Waals surface area contributed by atoms with Crippen molar-refractivity contribution in [1.29, 1.82) is 0 Å². The van der Waals surface area contributed by atoms with E-state index in [1.807, 2.05) is 0 Å². The number of anilines is 1. The molecule has 2 rings (SSSR count). The lowest BCUT2D eigenvalue weighted by atomic mass is 10.1. The summed E-state index contributed by atoms with van der Waals surface area (Å²) in [6, 6.07) is 7.92. The monoisotopic (exact) mass is 311 g/mol. The molecule has 0 heterocycles. The summed E-state index contributed by atoms with van der Waals surface area (Å²) >= 11 is 0. The van der Waals surface area contributed by atoms with Crippen molar-refractivity contribution >= 4 is 11.5 Å². The normalized spacial score (nSPS) is 11.2. The van der Waals surface area contributed by atoms with E-state index in [4.69, 9.17) is 5.11 Å². The molecule has 0 aliphatic carbocycles. The number of halogens is 3. The van der Waals surface area contributed by atoms with Gasteiger partial charge in [0.1, 0.15) is 0 Å². The van der Waals surface area contributed by atoms with Crippen LogP contribution in [-0.2, 0) is 6.18 Å². The Morgan fingerprint density at radius 1 is 1.00 bits per heavy atom. The van der Waals surface area contributed by atoms with E-state index in [0.717, 1.165) is 18.2 Å². The zero-order valence-electron chi connectivity index (χ0n) is 11.2. The number of Topliss-reactive ketones (excluding diaryl/α,β-unsaturated/α-hetero) is 1. The number of nitrogens with one attached hydrogen (secondary N) is 1. The molecule has 2 aromatic carbocycles. The van der Waals surface area contributed by atoms with Gasteiger partial charge in [0.15, 0.2) is 17.3 Å². The number of carbonyl (C=O) groups excluding carboxylic acids is 1. The molecule has 0 aliphatic heterocycles. The number of hydrogen-bond donors (Lipinski definition) is 3. The Hall–Kier alpha value is -2.70. The lowest BCUT2D eigenvalue weighted by Crippen LogP contribution is -2.14. The fourth-order valence-electron chi connectivity index (χ4n) is 1.76. The van der Waals surface area contributed by atoms with Crippen molar-refractivity contribution < 1.29 is 28.2 Å². The van der Waals surface area contributed by atoms with Crippen LogP contribution in [0.25, 0.3) is 0 Å². The molecule has 3 N–H and O–H groups in total. The molecule has 0 aromatic heterocycles. The van der Waals surface area contributed by atoms with Gasteiger partial charge in [-0.2, -0.15) is 13.2 Å². The molecule has 0 spiro atoms. The molecule has 2 aromatic rings. The Kier molecular flexibility index (Phi) is 4.25. The Morgan fingerprint density at radius 2 is 1.64 bits per heavy atom. The van der Waals surface area contributed by atoms with Gasteiger partial charge in [-0.05, 0) is 42.5 Å². The van der Waals surface area contributed by atoms with Gasteiger partial charge in [0, 0.05) is 11.3 Å². The van der Waals surface area contributed by atoms with Crippen LogP contribution in [0.3, 0.4) is 0 Å². The third kappa shape index (κ3) is 3.69. The largest absolute Gasteiger partial charge is 0.504 e. The number of aromatic hydroxyl groups is 2. The predicted molar refractivity (Wildman–Crippen MR) is 74.0 cm³/mol. The van der Waals surface area contributed by atoms with Crippen LogP contribution in [-0.4, -0.2) is 22.5 Å². The predicted octanol–water partition coefficient (Wildman–Crippen LogP) is 3.41. The molecule has 0 amide bonds. The van der Waals surface area contributed by atoms with Crippen LogP contribution in [0.15, 0.2) is 42.5 Å². The van der Waals surface area contributed by atoms with Crippen molar-refractivity contribution in [1.82, 2.24) is 0 Å². The molecular weight excluding hydrogens is 299 g/mol. The average molecular weight is 311 g/mol. The first kappa shape index (κ1) is 15.7. The minimum absolute atomic E-state index is 0.157. The number of carbonyl (C=O) groups is 1. The van der Waals surface area contributed by atoms with E-state index in [9.17, 15) is 23.1 Å². The number of ketones is 1. The number of rotatable bonds is 4. The fraction of sp³-hybridized carbons (Fsp3) is 0.133. The Morgan fingerprint density at radius 3 is 2.18 bits per heavy atom. The van der Waals surface area contributed by atoms with E-state index in [-0.39, 0.29) is 23.6 Å². The summed E-state index contributed by atoms with van der Waals surface area (Å²) in [6.07, 6.45) is -4.40. The van der Waals surface area contributed by atoms with Gasteiger partial charge >= 0.3 is 6.18 Å². The van der Waals surface area contributed by atoms with E-state index in [1.54, 1.807) is 0 Å². The van der Waals surface area contributed by atoms with Crippen LogP contribution >= 0.6 is 0 Å². The maximum absolute atomic E-state index is 12.4.